The van der Waals surface area contributed by atoms with Gasteiger partial charge < -0.3 is 5.11 Å². The Balaban J connectivity index is 2.37. The number of aromatic nitrogens is 2. The number of pyridine rings is 1. The van der Waals surface area contributed by atoms with Gasteiger partial charge in [0, 0.05) is 18.2 Å². The van der Waals surface area contributed by atoms with E-state index in [4.69, 9.17) is 4.98 Å². The third-order valence-electron chi connectivity index (χ3n) is 4.06. The maximum Gasteiger partial charge on any atom is 0.345 e. The molecule has 0 aliphatic carbocycles. The van der Waals surface area contributed by atoms with E-state index in [1.165, 1.54) is 6.92 Å². The number of hydrogen-bond acceptors (Lipinski definition) is 4. The summed E-state index contributed by atoms with van der Waals surface area (Å²) in [7, 11) is 0. The maximum atomic E-state index is 12.5. The number of hydrogen-bond donors (Lipinski definition) is 1. The van der Waals surface area contributed by atoms with Crippen molar-refractivity contribution in [2.75, 3.05) is 4.90 Å². The summed E-state index contributed by atoms with van der Waals surface area (Å²) in [5.41, 5.74) is 1.81. The van der Waals surface area contributed by atoms with E-state index in [0.717, 1.165) is 27.6 Å². The second kappa shape index (κ2) is 6.25. The lowest BCUT2D eigenvalue weighted by molar-refractivity contribution is -0.117. The SMILES string of the molecule is CC(=O)N(c1c(-c2ccc(C(=O)O)s2)nc2cccc(C)n12)C(C)(C)C. The lowest BCUT2D eigenvalue weighted by Gasteiger charge is -2.35. The fraction of sp³-hybridized carbons (Fsp3) is 0.316. The van der Waals surface area contributed by atoms with Crippen molar-refractivity contribution in [3.05, 3.63) is 40.9 Å². The summed E-state index contributed by atoms with van der Waals surface area (Å²) in [5, 5.41) is 9.25. The largest absolute Gasteiger partial charge is 0.477 e. The third-order valence-corrected chi connectivity index (χ3v) is 5.14. The van der Waals surface area contributed by atoms with E-state index in [2.05, 4.69) is 0 Å². The van der Waals surface area contributed by atoms with Gasteiger partial charge in [-0.15, -0.1) is 11.3 Å². The van der Waals surface area contributed by atoms with E-state index < -0.39 is 11.5 Å². The van der Waals surface area contributed by atoms with E-state index in [1.807, 2.05) is 50.3 Å². The summed E-state index contributed by atoms with van der Waals surface area (Å²) in [5.74, 6) is -0.405. The van der Waals surface area contributed by atoms with Crippen molar-refractivity contribution in [1.82, 2.24) is 9.38 Å². The summed E-state index contributed by atoms with van der Waals surface area (Å²) in [6.07, 6.45) is 0. The number of nitrogens with zero attached hydrogens (tertiary/aromatic N) is 3. The Kier molecular flexibility index (Phi) is 4.36. The lowest BCUT2D eigenvalue weighted by Crippen LogP contribution is -2.45. The summed E-state index contributed by atoms with van der Waals surface area (Å²) in [6.45, 7) is 9.39. The molecule has 1 N–H and O–H groups in total. The van der Waals surface area contributed by atoms with Gasteiger partial charge in [-0.05, 0) is 52.0 Å². The number of amides is 1. The molecule has 3 rings (SSSR count). The van der Waals surface area contributed by atoms with Gasteiger partial charge in [-0.2, -0.15) is 0 Å². The number of aryl methyl sites for hydroxylation is 1. The minimum atomic E-state index is -0.970. The zero-order chi connectivity index (χ0) is 19.2. The van der Waals surface area contributed by atoms with Gasteiger partial charge in [0.2, 0.25) is 5.91 Å². The molecule has 136 valence electrons. The fourth-order valence-electron chi connectivity index (χ4n) is 3.13. The van der Waals surface area contributed by atoms with Crippen LogP contribution in [-0.2, 0) is 4.79 Å². The van der Waals surface area contributed by atoms with Crippen LogP contribution in [-0.4, -0.2) is 31.9 Å². The van der Waals surface area contributed by atoms with E-state index >= 15 is 0 Å². The van der Waals surface area contributed by atoms with Crippen LogP contribution in [0.25, 0.3) is 16.2 Å². The normalized spacial score (nSPS) is 11.7. The molecule has 0 bridgehead atoms. The van der Waals surface area contributed by atoms with Crippen LogP contribution in [0.15, 0.2) is 30.3 Å². The smallest absolute Gasteiger partial charge is 0.345 e. The van der Waals surface area contributed by atoms with Crippen LogP contribution >= 0.6 is 11.3 Å². The molecule has 0 radical (unpaired) electrons. The molecule has 6 nitrogen and oxygen atoms in total. The monoisotopic (exact) mass is 371 g/mol. The first kappa shape index (κ1) is 18.1. The number of carboxylic acid groups (broad SMARTS) is 1. The average molecular weight is 371 g/mol. The number of rotatable bonds is 3. The average Bonchev–Trinajstić information content (AvgIpc) is 3.11. The van der Waals surface area contributed by atoms with Crippen molar-refractivity contribution >= 4 is 34.7 Å². The van der Waals surface area contributed by atoms with Crippen LogP contribution in [0, 0.1) is 6.92 Å². The molecule has 0 aromatic carbocycles. The number of carbonyl (C=O) groups is 2. The van der Waals surface area contributed by atoms with Gasteiger partial charge >= 0.3 is 5.97 Å². The van der Waals surface area contributed by atoms with Crippen molar-refractivity contribution in [3.63, 3.8) is 0 Å². The number of aromatic carboxylic acids is 1. The molecule has 1 amide bonds. The first-order chi connectivity index (χ1) is 12.1. The molecule has 3 aromatic heterocycles. The Morgan fingerprint density at radius 3 is 2.42 bits per heavy atom. The molecule has 7 heteroatoms. The Morgan fingerprint density at radius 1 is 1.19 bits per heavy atom. The molecular formula is C19H21N3O3S. The van der Waals surface area contributed by atoms with Gasteiger partial charge in [-0.25, -0.2) is 9.78 Å². The summed E-state index contributed by atoms with van der Waals surface area (Å²) >= 11 is 1.16. The minimum Gasteiger partial charge on any atom is -0.477 e. The van der Waals surface area contributed by atoms with Crippen LogP contribution < -0.4 is 4.90 Å². The highest BCUT2D eigenvalue weighted by molar-refractivity contribution is 7.17. The molecule has 0 atom stereocenters. The molecule has 3 aromatic rings. The zero-order valence-electron chi connectivity index (χ0n) is 15.4. The van der Waals surface area contributed by atoms with Crippen molar-refractivity contribution < 1.29 is 14.7 Å². The fourth-order valence-corrected chi connectivity index (χ4v) is 3.96. The standard InChI is InChI=1S/C19H21N3O3S/c1-11-7-6-8-15-20-16(13-9-10-14(26-13)18(24)25)17(21(11)15)22(12(2)23)19(3,4)5/h6-10H,1-5H3,(H,24,25). The first-order valence-electron chi connectivity index (χ1n) is 8.23. The van der Waals surface area contributed by atoms with Crippen molar-refractivity contribution in [3.8, 4) is 10.6 Å². The van der Waals surface area contributed by atoms with Gasteiger partial charge in [0.1, 0.15) is 22.0 Å². The quantitative estimate of drug-likeness (QED) is 0.748. The van der Waals surface area contributed by atoms with Crippen LogP contribution in [0.1, 0.15) is 43.1 Å². The minimum absolute atomic E-state index is 0.0983. The summed E-state index contributed by atoms with van der Waals surface area (Å²) in [6, 6.07) is 9.07. The maximum absolute atomic E-state index is 12.5. The molecule has 26 heavy (non-hydrogen) atoms. The lowest BCUT2D eigenvalue weighted by atomic mass is 10.1. The number of imidazole rings is 1. The molecule has 0 saturated carbocycles. The molecule has 0 unspecified atom stereocenters. The van der Waals surface area contributed by atoms with Crippen LogP contribution in [0.2, 0.25) is 0 Å². The number of carbonyl (C=O) groups excluding carboxylic acids is 1. The Labute approximate surface area is 155 Å². The van der Waals surface area contributed by atoms with Crippen LogP contribution in [0.5, 0.6) is 0 Å². The van der Waals surface area contributed by atoms with Crippen molar-refractivity contribution in [2.45, 2.75) is 40.2 Å². The molecule has 0 aliphatic rings. The summed E-state index contributed by atoms with van der Waals surface area (Å²) in [4.78, 5) is 31.2. The van der Waals surface area contributed by atoms with Gasteiger partial charge in [0.25, 0.3) is 0 Å². The number of anilines is 1. The van der Waals surface area contributed by atoms with Crippen LogP contribution in [0.4, 0.5) is 5.82 Å². The highest BCUT2D eigenvalue weighted by Gasteiger charge is 2.32. The molecule has 0 aliphatic heterocycles. The molecular weight excluding hydrogens is 350 g/mol. The van der Waals surface area contributed by atoms with E-state index in [0.29, 0.717) is 11.5 Å². The molecule has 0 spiro atoms. The topological polar surface area (TPSA) is 74.9 Å². The van der Waals surface area contributed by atoms with Gasteiger partial charge in [-0.3, -0.25) is 14.1 Å². The second-order valence-electron chi connectivity index (χ2n) is 7.14. The molecule has 3 heterocycles. The Hall–Kier alpha value is -2.67. The summed E-state index contributed by atoms with van der Waals surface area (Å²) < 4.78 is 1.95. The Bertz CT molecular complexity index is 1010. The predicted octanol–water partition coefficient (Wildman–Crippen LogP) is 4.22. The highest BCUT2D eigenvalue weighted by atomic mass is 32.1. The van der Waals surface area contributed by atoms with Crippen LogP contribution in [0.3, 0.4) is 0 Å². The van der Waals surface area contributed by atoms with Gasteiger partial charge in [-0.1, -0.05) is 6.07 Å². The van der Waals surface area contributed by atoms with Crippen molar-refractivity contribution in [1.29, 1.82) is 0 Å². The number of fused-ring (bicyclic) bond motifs is 1. The predicted molar refractivity (Wildman–Crippen MR) is 103 cm³/mol. The first-order valence-corrected chi connectivity index (χ1v) is 9.05. The van der Waals surface area contributed by atoms with Gasteiger partial charge in [0.15, 0.2) is 0 Å². The number of thiophene rings is 1. The molecule has 0 fully saturated rings. The zero-order valence-corrected chi connectivity index (χ0v) is 16.2. The highest BCUT2D eigenvalue weighted by Crippen LogP contribution is 2.39. The number of carboxylic acids is 1. The molecule has 0 saturated heterocycles. The Morgan fingerprint density at radius 2 is 1.88 bits per heavy atom. The van der Waals surface area contributed by atoms with Crippen molar-refractivity contribution in [2.24, 2.45) is 0 Å². The second-order valence-corrected chi connectivity index (χ2v) is 8.22. The van der Waals surface area contributed by atoms with E-state index in [-0.39, 0.29) is 10.8 Å². The van der Waals surface area contributed by atoms with E-state index in [1.54, 1.807) is 17.0 Å². The third kappa shape index (κ3) is 2.99. The van der Waals surface area contributed by atoms with Gasteiger partial charge in [0.05, 0.1) is 4.88 Å². The van der Waals surface area contributed by atoms with E-state index in [9.17, 15) is 14.7 Å².